The van der Waals surface area contributed by atoms with Gasteiger partial charge >= 0.3 is 5.97 Å². The van der Waals surface area contributed by atoms with Crippen LogP contribution in [0.25, 0.3) is 22.4 Å². The highest BCUT2D eigenvalue weighted by Gasteiger charge is 2.35. The van der Waals surface area contributed by atoms with Gasteiger partial charge in [-0.05, 0) is 67.1 Å². The summed E-state index contributed by atoms with van der Waals surface area (Å²) in [6.07, 6.45) is 8.87. The van der Waals surface area contributed by atoms with Gasteiger partial charge in [0.15, 0.2) is 17.4 Å². The normalized spacial score (nSPS) is 18.4. The Morgan fingerprint density at radius 1 is 1.10 bits per heavy atom. The summed E-state index contributed by atoms with van der Waals surface area (Å²) in [7, 11) is 1.80. The van der Waals surface area contributed by atoms with Crippen LogP contribution in [0.1, 0.15) is 97.5 Å². The minimum absolute atomic E-state index is 0.0307. The second-order valence-corrected chi connectivity index (χ2v) is 14.7. The third kappa shape index (κ3) is 6.34. The zero-order valence-electron chi connectivity index (χ0n) is 29.4. The van der Waals surface area contributed by atoms with Gasteiger partial charge in [0.1, 0.15) is 11.5 Å². The number of hydrogen-bond acceptors (Lipinski definition) is 7. The Bertz CT molecular complexity index is 2280. The molecular formula is C39H41FN8O3. The first-order chi connectivity index (χ1) is 24.3. The van der Waals surface area contributed by atoms with Gasteiger partial charge < -0.3 is 10.1 Å². The van der Waals surface area contributed by atoms with Gasteiger partial charge in [-0.25, -0.2) is 18.7 Å². The molecule has 2 aromatic carbocycles. The number of fused-ring (bicyclic) bond motifs is 10. The number of pyridine rings is 1. The van der Waals surface area contributed by atoms with Gasteiger partial charge in [0, 0.05) is 47.5 Å². The van der Waals surface area contributed by atoms with Crippen molar-refractivity contribution in [3.8, 4) is 11.5 Å². The predicted octanol–water partition coefficient (Wildman–Crippen LogP) is 6.79. The summed E-state index contributed by atoms with van der Waals surface area (Å²) in [4.78, 5) is 38.6. The minimum atomic E-state index is -0.839. The number of nitrogens with one attached hydrogen (secondary N) is 1. The average molecular weight is 689 g/mol. The first-order valence-corrected chi connectivity index (χ1v) is 17.3. The van der Waals surface area contributed by atoms with Gasteiger partial charge in [-0.2, -0.15) is 5.10 Å². The number of aryl methyl sites for hydroxylation is 1. The lowest BCUT2D eigenvalue weighted by atomic mass is 9.75. The maximum atomic E-state index is 16.0. The summed E-state index contributed by atoms with van der Waals surface area (Å²) < 4.78 is 19.3. The van der Waals surface area contributed by atoms with Crippen molar-refractivity contribution in [3.63, 3.8) is 0 Å². The summed E-state index contributed by atoms with van der Waals surface area (Å²) in [5.74, 6) is -1.42. The molecule has 0 fully saturated rings. The fraction of sp³-hybridized carbons (Fsp3) is 0.359. The van der Waals surface area contributed by atoms with E-state index in [1.54, 1.807) is 41.7 Å². The molecule has 5 heterocycles. The highest BCUT2D eigenvalue weighted by atomic mass is 19.1. The molecule has 51 heavy (non-hydrogen) atoms. The molecule has 0 aliphatic carbocycles. The lowest BCUT2D eigenvalue weighted by Gasteiger charge is -2.29. The second kappa shape index (κ2) is 13.0. The van der Waals surface area contributed by atoms with E-state index >= 15 is 4.39 Å². The number of halogens is 1. The molecule has 0 unspecified atom stereocenters. The monoisotopic (exact) mass is 688 g/mol. The summed E-state index contributed by atoms with van der Waals surface area (Å²) in [5.41, 5.74) is 3.55. The fourth-order valence-corrected chi connectivity index (χ4v) is 7.22. The molecule has 1 aliphatic rings. The molecule has 0 saturated carbocycles. The van der Waals surface area contributed by atoms with E-state index in [2.05, 4.69) is 47.1 Å². The van der Waals surface area contributed by atoms with Gasteiger partial charge in [-0.3, -0.25) is 14.6 Å². The molecule has 7 rings (SSSR count). The SMILES string of the molecule is C[C@H](Cc1cccc([C@@]2(C)CCCCC(C)(C)c3cn(nn3)Cc3c(c(F)cc4[nH]ccc34)C(=O)c3ccnc(c3)-c3nc2nn3C)c1)C(=O)O. The van der Waals surface area contributed by atoms with E-state index in [0.717, 1.165) is 47.9 Å². The Kier molecular flexibility index (Phi) is 8.64. The van der Waals surface area contributed by atoms with Crippen LogP contribution in [0.15, 0.2) is 67.1 Å². The van der Waals surface area contributed by atoms with Crippen molar-refractivity contribution in [2.75, 3.05) is 0 Å². The number of carbonyl (C=O) groups is 2. The minimum Gasteiger partial charge on any atom is -0.481 e. The van der Waals surface area contributed by atoms with Gasteiger partial charge in [-0.15, -0.1) is 5.10 Å². The summed E-state index contributed by atoms with van der Waals surface area (Å²) >= 11 is 0. The molecule has 0 amide bonds. The van der Waals surface area contributed by atoms with Crippen molar-refractivity contribution in [3.05, 3.63) is 112 Å². The molecule has 2 atom stereocenters. The molecule has 0 spiro atoms. The Morgan fingerprint density at radius 2 is 1.90 bits per heavy atom. The number of carboxylic acid groups (broad SMARTS) is 1. The number of carbonyl (C=O) groups excluding carboxylic acids is 1. The van der Waals surface area contributed by atoms with Crippen molar-refractivity contribution in [1.82, 2.24) is 39.7 Å². The van der Waals surface area contributed by atoms with Crippen LogP contribution in [0.5, 0.6) is 0 Å². The number of hydrogen-bond donors (Lipinski definition) is 2. The Balaban J connectivity index is 1.37. The van der Waals surface area contributed by atoms with E-state index in [1.165, 1.54) is 12.3 Å². The standard InChI is InChI=1S/C39H41FN8O3/c1-23(36(50)51)17-24-9-8-10-26(18-24)39(4)14-7-6-13-38(2,3)32-22-48(46-44-32)21-28-27-12-16-41-30(27)20-29(40)33(28)34(49)25-11-15-42-31(19-25)35-43-37(39)45-47(35)5/h8-12,15-16,18-20,22-23,41H,6-7,13-14,17,21H2,1-5H3,(H,50,51)/t23-,39-/m1/s1. The second-order valence-electron chi connectivity index (χ2n) is 14.7. The molecule has 4 aromatic heterocycles. The highest BCUT2D eigenvalue weighted by molar-refractivity contribution is 6.12. The average Bonchev–Trinajstić information content (AvgIpc) is 3.87. The number of aromatic amines is 1. The fourth-order valence-electron chi connectivity index (χ4n) is 7.22. The molecular weight excluding hydrogens is 647 g/mol. The molecule has 12 heteroatoms. The van der Waals surface area contributed by atoms with E-state index < -0.39 is 28.9 Å². The first-order valence-electron chi connectivity index (χ1n) is 17.3. The first kappa shape index (κ1) is 34.0. The maximum absolute atomic E-state index is 16.0. The van der Waals surface area contributed by atoms with E-state index in [0.29, 0.717) is 34.8 Å². The zero-order chi connectivity index (χ0) is 36.1. The van der Waals surface area contributed by atoms with Crippen molar-refractivity contribution in [1.29, 1.82) is 0 Å². The largest absolute Gasteiger partial charge is 0.481 e. The molecule has 2 N–H and O–H groups in total. The maximum Gasteiger partial charge on any atom is 0.306 e. The van der Waals surface area contributed by atoms with Crippen molar-refractivity contribution in [2.24, 2.45) is 13.0 Å². The highest BCUT2D eigenvalue weighted by Crippen LogP contribution is 2.38. The molecule has 0 saturated heterocycles. The molecule has 0 radical (unpaired) electrons. The molecule has 262 valence electrons. The van der Waals surface area contributed by atoms with Crippen LogP contribution in [0.2, 0.25) is 0 Å². The van der Waals surface area contributed by atoms with E-state index in [9.17, 15) is 14.7 Å². The van der Waals surface area contributed by atoms with Gasteiger partial charge in [0.2, 0.25) is 0 Å². The van der Waals surface area contributed by atoms with E-state index in [1.807, 2.05) is 30.5 Å². The number of aliphatic carboxylic acids is 1. The Morgan fingerprint density at radius 3 is 2.71 bits per heavy atom. The van der Waals surface area contributed by atoms with Gasteiger partial charge in [-0.1, -0.05) is 63.1 Å². The van der Waals surface area contributed by atoms with Crippen LogP contribution >= 0.6 is 0 Å². The number of rotatable bonds is 4. The van der Waals surface area contributed by atoms with Crippen LogP contribution in [-0.4, -0.2) is 56.6 Å². The van der Waals surface area contributed by atoms with E-state index in [4.69, 9.17) is 10.1 Å². The number of H-pyrrole nitrogens is 1. The molecule has 11 nitrogen and oxygen atoms in total. The molecule has 6 aromatic rings. The Hall–Kier alpha value is -5.52. The van der Waals surface area contributed by atoms with Crippen LogP contribution in [0.3, 0.4) is 0 Å². The van der Waals surface area contributed by atoms with Crippen molar-refractivity contribution >= 4 is 22.7 Å². The number of carboxylic acids is 1. The topological polar surface area (TPSA) is 144 Å². The number of nitrogens with zero attached hydrogens (tertiary/aromatic N) is 7. The van der Waals surface area contributed by atoms with Crippen molar-refractivity contribution in [2.45, 2.75) is 77.2 Å². The third-order valence-electron chi connectivity index (χ3n) is 10.5. The number of ketones is 1. The summed E-state index contributed by atoms with van der Waals surface area (Å²) in [6, 6.07) is 14.5. The third-order valence-corrected chi connectivity index (χ3v) is 10.5. The van der Waals surface area contributed by atoms with Crippen molar-refractivity contribution < 1.29 is 19.1 Å². The predicted molar refractivity (Wildman–Crippen MR) is 190 cm³/mol. The van der Waals surface area contributed by atoms with Crippen LogP contribution < -0.4 is 0 Å². The molecule has 6 bridgehead atoms. The molecule has 1 aliphatic heterocycles. The number of benzene rings is 2. The van der Waals surface area contributed by atoms with Crippen LogP contribution in [0, 0.1) is 11.7 Å². The summed E-state index contributed by atoms with van der Waals surface area (Å²) in [6.45, 7) is 8.28. The van der Waals surface area contributed by atoms with E-state index in [-0.39, 0.29) is 23.1 Å². The lowest BCUT2D eigenvalue weighted by molar-refractivity contribution is -0.141. The lowest BCUT2D eigenvalue weighted by Crippen LogP contribution is -2.26. The smallest absolute Gasteiger partial charge is 0.306 e. The van der Waals surface area contributed by atoms with Crippen LogP contribution in [0.4, 0.5) is 4.39 Å². The van der Waals surface area contributed by atoms with Gasteiger partial charge in [0.05, 0.1) is 29.1 Å². The van der Waals surface area contributed by atoms with Gasteiger partial charge in [0.25, 0.3) is 0 Å². The Labute approximate surface area is 295 Å². The zero-order valence-corrected chi connectivity index (χ0v) is 29.4. The summed E-state index contributed by atoms with van der Waals surface area (Å²) in [5, 5.41) is 24.2. The van der Waals surface area contributed by atoms with Crippen LogP contribution in [-0.2, 0) is 35.6 Å². The number of aromatic nitrogens is 8. The quantitative estimate of drug-likeness (QED) is 0.206.